The van der Waals surface area contributed by atoms with Gasteiger partial charge in [0.25, 0.3) is 0 Å². The Morgan fingerprint density at radius 1 is 1.64 bits per heavy atom. The Morgan fingerprint density at radius 3 is 2.79 bits per heavy atom. The molecule has 0 aliphatic carbocycles. The fraction of sp³-hybridized carbons (Fsp3) is 0.727. The number of nitrogens with one attached hydrogen (secondary N) is 1. The van der Waals surface area contributed by atoms with E-state index in [0.717, 1.165) is 31.6 Å². The van der Waals surface area contributed by atoms with Crippen molar-refractivity contribution in [1.29, 1.82) is 0 Å². The summed E-state index contributed by atoms with van der Waals surface area (Å²) in [6.07, 6.45) is 0.978. The first kappa shape index (κ1) is 11.2. The van der Waals surface area contributed by atoms with Crippen LogP contribution in [0.25, 0.3) is 0 Å². The van der Waals surface area contributed by atoms with Crippen molar-refractivity contribution in [3.63, 3.8) is 0 Å². The monoisotopic (exact) mass is 196 g/mol. The van der Waals surface area contributed by atoms with E-state index in [1.807, 2.05) is 18.7 Å². The van der Waals surface area contributed by atoms with Gasteiger partial charge in [-0.05, 0) is 26.8 Å². The Balaban J connectivity index is 2.50. The maximum atomic E-state index is 12.0. The van der Waals surface area contributed by atoms with Crippen LogP contribution < -0.4 is 5.32 Å². The summed E-state index contributed by atoms with van der Waals surface area (Å²) in [7, 11) is 0. The van der Waals surface area contributed by atoms with Gasteiger partial charge in [-0.1, -0.05) is 12.2 Å². The SMILES string of the molecule is C=C(C)CN(CC)C(=O)C1CCNC1. The zero-order valence-corrected chi connectivity index (χ0v) is 9.18. The van der Waals surface area contributed by atoms with Crippen LogP contribution in [-0.4, -0.2) is 37.0 Å². The lowest BCUT2D eigenvalue weighted by atomic mass is 10.1. The molecule has 1 amide bonds. The van der Waals surface area contributed by atoms with Gasteiger partial charge in [-0.3, -0.25) is 4.79 Å². The number of rotatable bonds is 4. The van der Waals surface area contributed by atoms with Gasteiger partial charge in [0.05, 0.1) is 5.92 Å². The lowest BCUT2D eigenvalue weighted by molar-refractivity contribution is -0.134. The third kappa shape index (κ3) is 2.84. The average molecular weight is 196 g/mol. The Morgan fingerprint density at radius 2 is 2.36 bits per heavy atom. The molecule has 1 rings (SSSR count). The summed E-state index contributed by atoms with van der Waals surface area (Å²) in [6, 6.07) is 0. The molecule has 0 radical (unpaired) electrons. The van der Waals surface area contributed by atoms with Crippen LogP contribution in [0.3, 0.4) is 0 Å². The van der Waals surface area contributed by atoms with Crippen molar-refractivity contribution in [2.24, 2.45) is 5.92 Å². The highest BCUT2D eigenvalue weighted by Gasteiger charge is 2.25. The van der Waals surface area contributed by atoms with Gasteiger partial charge in [0.1, 0.15) is 0 Å². The first-order valence-electron chi connectivity index (χ1n) is 5.29. The first-order valence-corrected chi connectivity index (χ1v) is 5.29. The van der Waals surface area contributed by atoms with Gasteiger partial charge in [-0.15, -0.1) is 0 Å². The van der Waals surface area contributed by atoms with Crippen molar-refractivity contribution in [2.45, 2.75) is 20.3 Å². The van der Waals surface area contributed by atoms with Gasteiger partial charge < -0.3 is 10.2 Å². The third-order valence-electron chi connectivity index (χ3n) is 2.56. The highest BCUT2D eigenvalue weighted by molar-refractivity contribution is 5.79. The molecule has 0 aromatic rings. The summed E-state index contributed by atoms with van der Waals surface area (Å²) >= 11 is 0. The van der Waals surface area contributed by atoms with E-state index in [1.54, 1.807) is 0 Å². The van der Waals surface area contributed by atoms with Crippen LogP contribution in [0.5, 0.6) is 0 Å². The zero-order chi connectivity index (χ0) is 10.6. The molecule has 0 bridgehead atoms. The maximum absolute atomic E-state index is 12.0. The molecule has 0 aromatic heterocycles. The molecular weight excluding hydrogens is 176 g/mol. The lowest BCUT2D eigenvalue weighted by Gasteiger charge is -2.23. The van der Waals surface area contributed by atoms with Crippen molar-refractivity contribution < 1.29 is 4.79 Å². The normalized spacial score (nSPS) is 20.9. The summed E-state index contributed by atoms with van der Waals surface area (Å²) < 4.78 is 0. The molecular formula is C11H20N2O. The fourth-order valence-electron chi connectivity index (χ4n) is 1.80. The van der Waals surface area contributed by atoms with E-state index in [1.165, 1.54) is 0 Å². The highest BCUT2D eigenvalue weighted by Crippen LogP contribution is 2.12. The zero-order valence-electron chi connectivity index (χ0n) is 9.18. The molecule has 3 heteroatoms. The quantitative estimate of drug-likeness (QED) is 0.681. The molecule has 1 saturated heterocycles. The van der Waals surface area contributed by atoms with E-state index in [9.17, 15) is 4.79 Å². The van der Waals surface area contributed by atoms with Gasteiger partial charge >= 0.3 is 0 Å². The van der Waals surface area contributed by atoms with E-state index in [4.69, 9.17) is 0 Å². The van der Waals surface area contributed by atoms with Crippen LogP contribution in [0.4, 0.5) is 0 Å². The molecule has 1 heterocycles. The fourth-order valence-corrected chi connectivity index (χ4v) is 1.80. The van der Waals surface area contributed by atoms with Gasteiger partial charge in [0, 0.05) is 19.6 Å². The minimum Gasteiger partial charge on any atom is -0.339 e. The topological polar surface area (TPSA) is 32.3 Å². The van der Waals surface area contributed by atoms with Gasteiger partial charge in [0.2, 0.25) is 5.91 Å². The molecule has 14 heavy (non-hydrogen) atoms. The molecule has 0 aromatic carbocycles. The van der Waals surface area contributed by atoms with Crippen LogP contribution in [0.2, 0.25) is 0 Å². The predicted molar refractivity (Wildman–Crippen MR) is 58.0 cm³/mol. The molecule has 0 spiro atoms. The van der Waals surface area contributed by atoms with Crippen LogP contribution in [0.15, 0.2) is 12.2 Å². The summed E-state index contributed by atoms with van der Waals surface area (Å²) in [5, 5.41) is 3.22. The smallest absolute Gasteiger partial charge is 0.227 e. The summed E-state index contributed by atoms with van der Waals surface area (Å²) in [5.74, 6) is 0.467. The molecule has 1 unspecified atom stereocenters. The van der Waals surface area contributed by atoms with E-state index in [2.05, 4.69) is 11.9 Å². The number of amides is 1. The van der Waals surface area contributed by atoms with Crippen molar-refractivity contribution in [1.82, 2.24) is 10.2 Å². The lowest BCUT2D eigenvalue weighted by Crippen LogP contribution is -2.37. The number of hydrogen-bond donors (Lipinski definition) is 1. The molecule has 0 saturated carbocycles. The minimum absolute atomic E-state index is 0.189. The van der Waals surface area contributed by atoms with Crippen LogP contribution >= 0.6 is 0 Å². The standard InChI is InChI=1S/C11H20N2O/c1-4-13(8-9(2)3)11(14)10-5-6-12-7-10/h10,12H,2,4-8H2,1,3H3. The van der Waals surface area contributed by atoms with Gasteiger partial charge in [-0.25, -0.2) is 0 Å². The van der Waals surface area contributed by atoms with Crippen LogP contribution in [0.1, 0.15) is 20.3 Å². The minimum atomic E-state index is 0.189. The Kier molecular flexibility index (Phi) is 4.14. The largest absolute Gasteiger partial charge is 0.339 e. The summed E-state index contributed by atoms with van der Waals surface area (Å²) in [5.41, 5.74) is 1.05. The number of carbonyl (C=O) groups is 1. The summed E-state index contributed by atoms with van der Waals surface area (Å²) in [4.78, 5) is 13.8. The molecule has 3 nitrogen and oxygen atoms in total. The first-order chi connectivity index (χ1) is 6.65. The average Bonchev–Trinajstić information content (AvgIpc) is 2.65. The van der Waals surface area contributed by atoms with Crippen molar-refractivity contribution in [2.75, 3.05) is 26.2 Å². The van der Waals surface area contributed by atoms with Crippen molar-refractivity contribution in [3.8, 4) is 0 Å². The Bertz CT molecular complexity index is 219. The van der Waals surface area contributed by atoms with Gasteiger partial charge in [-0.2, -0.15) is 0 Å². The predicted octanol–water partition coefficient (Wildman–Crippen LogP) is 1.02. The van der Waals surface area contributed by atoms with Gasteiger partial charge in [0.15, 0.2) is 0 Å². The second-order valence-electron chi connectivity index (χ2n) is 4.00. The molecule has 1 N–H and O–H groups in total. The molecule has 1 aliphatic heterocycles. The van der Waals surface area contributed by atoms with E-state index >= 15 is 0 Å². The molecule has 1 fully saturated rings. The van der Waals surface area contributed by atoms with Crippen LogP contribution in [0, 0.1) is 5.92 Å². The van der Waals surface area contributed by atoms with Crippen LogP contribution in [-0.2, 0) is 4.79 Å². The number of carbonyl (C=O) groups excluding carboxylic acids is 1. The maximum Gasteiger partial charge on any atom is 0.227 e. The Labute approximate surface area is 86.2 Å². The van der Waals surface area contributed by atoms with E-state index < -0.39 is 0 Å². The highest BCUT2D eigenvalue weighted by atomic mass is 16.2. The van der Waals surface area contributed by atoms with E-state index in [0.29, 0.717) is 6.54 Å². The number of hydrogen-bond acceptors (Lipinski definition) is 2. The Hall–Kier alpha value is -0.830. The number of likely N-dealkylation sites (N-methyl/N-ethyl adjacent to an activating group) is 1. The van der Waals surface area contributed by atoms with Crippen molar-refractivity contribution >= 4 is 5.91 Å². The third-order valence-corrected chi connectivity index (χ3v) is 2.56. The molecule has 1 atom stereocenters. The van der Waals surface area contributed by atoms with E-state index in [-0.39, 0.29) is 11.8 Å². The molecule has 80 valence electrons. The summed E-state index contributed by atoms with van der Waals surface area (Å²) in [6.45, 7) is 11.1. The molecule has 1 aliphatic rings. The van der Waals surface area contributed by atoms with Crippen molar-refractivity contribution in [3.05, 3.63) is 12.2 Å². The second kappa shape index (κ2) is 5.15. The second-order valence-corrected chi connectivity index (χ2v) is 4.00. The number of nitrogens with zero attached hydrogens (tertiary/aromatic N) is 1.